The van der Waals surface area contributed by atoms with Crippen LogP contribution in [0.15, 0.2) is 36.5 Å². The molecule has 1 aromatic heterocycles. The minimum atomic E-state index is -0.999. The molecule has 166 valence electrons. The fourth-order valence-corrected chi connectivity index (χ4v) is 4.75. The van der Waals surface area contributed by atoms with Crippen molar-refractivity contribution in [3.63, 3.8) is 0 Å². The minimum absolute atomic E-state index is 0.0503. The van der Waals surface area contributed by atoms with Gasteiger partial charge < -0.3 is 14.7 Å². The minimum Gasteiger partial charge on any atom is -0.354 e. The summed E-state index contributed by atoms with van der Waals surface area (Å²) in [6, 6.07) is 10.7. The van der Waals surface area contributed by atoms with Crippen molar-refractivity contribution in [1.82, 2.24) is 14.8 Å². The summed E-state index contributed by atoms with van der Waals surface area (Å²) in [5, 5.41) is 9.88. The van der Waals surface area contributed by atoms with E-state index in [1.165, 1.54) is 6.20 Å². The zero-order valence-corrected chi connectivity index (χ0v) is 19.4. The Hall–Kier alpha value is -2.82. The number of aromatic nitrogens is 1. The first-order valence-electron chi connectivity index (χ1n) is 10.4. The highest BCUT2D eigenvalue weighted by molar-refractivity contribution is 6.42. The first kappa shape index (κ1) is 22.4. The van der Waals surface area contributed by atoms with Crippen LogP contribution in [0.2, 0.25) is 10.0 Å². The van der Waals surface area contributed by atoms with Crippen LogP contribution in [0, 0.1) is 11.3 Å². The second-order valence-corrected chi connectivity index (χ2v) is 9.29. The van der Waals surface area contributed by atoms with Gasteiger partial charge in [0.25, 0.3) is 5.91 Å². The third-order valence-electron chi connectivity index (χ3n) is 6.18. The van der Waals surface area contributed by atoms with E-state index in [9.17, 15) is 9.59 Å². The van der Waals surface area contributed by atoms with Crippen LogP contribution in [0.1, 0.15) is 31.4 Å². The van der Waals surface area contributed by atoms with Crippen LogP contribution >= 0.6 is 23.2 Å². The quantitative estimate of drug-likeness (QED) is 0.681. The molecule has 2 aromatic rings. The molecule has 1 atom stereocenters. The molecular formula is C23H23Cl2N5O2. The number of nitriles is 1. The number of amides is 2. The lowest BCUT2D eigenvalue weighted by Crippen LogP contribution is -2.69. The van der Waals surface area contributed by atoms with Crippen LogP contribution in [0.25, 0.3) is 0 Å². The van der Waals surface area contributed by atoms with Gasteiger partial charge in [0.15, 0.2) is 0 Å². The normalized spacial score (nSPS) is 21.1. The van der Waals surface area contributed by atoms with E-state index in [-0.39, 0.29) is 30.9 Å². The number of piperazine rings is 1. The van der Waals surface area contributed by atoms with Crippen LogP contribution < -0.4 is 4.90 Å². The van der Waals surface area contributed by atoms with Crippen LogP contribution in [-0.4, -0.2) is 57.8 Å². The largest absolute Gasteiger partial charge is 0.354 e. The Bertz CT molecular complexity index is 1100. The lowest BCUT2D eigenvalue weighted by molar-refractivity contribution is -0.166. The molecule has 0 bridgehead atoms. The summed E-state index contributed by atoms with van der Waals surface area (Å²) >= 11 is 12.2. The molecule has 9 heteroatoms. The molecule has 1 unspecified atom stereocenters. The van der Waals surface area contributed by atoms with E-state index >= 15 is 0 Å². The zero-order chi connectivity index (χ0) is 23.0. The Labute approximate surface area is 197 Å². The topological polar surface area (TPSA) is 80.5 Å². The summed E-state index contributed by atoms with van der Waals surface area (Å²) in [6.45, 7) is 5.06. The molecule has 0 N–H and O–H groups in total. The Kier molecular flexibility index (Phi) is 6.02. The van der Waals surface area contributed by atoms with Gasteiger partial charge in [0.1, 0.15) is 24.0 Å². The molecular weight excluding hydrogens is 449 g/mol. The lowest BCUT2D eigenvalue weighted by Gasteiger charge is -2.48. The molecule has 32 heavy (non-hydrogen) atoms. The third kappa shape index (κ3) is 3.89. The number of nitrogens with zero attached hydrogens (tertiary/aromatic N) is 5. The van der Waals surface area contributed by atoms with Gasteiger partial charge in [-0.1, -0.05) is 29.3 Å². The molecule has 0 saturated carbocycles. The molecule has 2 aliphatic heterocycles. The summed E-state index contributed by atoms with van der Waals surface area (Å²) < 4.78 is 0. The van der Waals surface area contributed by atoms with Gasteiger partial charge >= 0.3 is 0 Å². The number of anilines is 1. The smallest absolute Gasteiger partial charge is 0.251 e. The fraction of sp³-hybridized carbons (Fsp3) is 0.391. The van der Waals surface area contributed by atoms with E-state index in [1.54, 1.807) is 34.1 Å². The van der Waals surface area contributed by atoms with Gasteiger partial charge in [-0.25, -0.2) is 4.98 Å². The molecule has 0 radical (unpaired) electrons. The molecule has 2 fully saturated rings. The number of pyridine rings is 1. The van der Waals surface area contributed by atoms with Crippen molar-refractivity contribution in [3.8, 4) is 6.07 Å². The van der Waals surface area contributed by atoms with Gasteiger partial charge in [-0.2, -0.15) is 5.26 Å². The first-order chi connectivity index (χ1) is 15.2. The number of halogens is 2. The van der Waals surface area contributed by atoms with Gasteiger partial charge in [-0.05, 0) is 50.1 Å². The molecule has 0 aliphatic carbocycles. The third-order valence-corrected chi connectivity index (χ3v) is 6.92. The molecule has 7 nitrogen and oxygen atoms in total. The van der Waals surface area contributed by atoms with Gasteiger partial charge in [0, 0.05) is 25.3 Å². The van der Waals surface area contributed by atoms with Crippen molar-refractivity contribution in [2.75, 3.05) is 24.5 Å². The summed E-state index contributed by atoms with van der Waals surface area (Å²) in [6.07, 6.45) is 2.01. The number of hydrogen-bond donors (Lipinski definition) is 0. The number of benzene rings is 1. The Balaban J connectivity index is 1.69. The highest BCUT2D eigenvalue weighted by atomic mass is 35.5. The van der Waals surface area contributed by atoms with Crippen LogP contribution in [-0.2, 0) is 16.1 Å². The fourth-order valence-electron chi connectivity index (χ4n) is 4.42. The van der Waals surface area contributed by atoms with Crippen molar-refractivity contribution < 1.29 is 9.59 Å². The predicted molar refractivity (Wildman–Crippen MR) is 122 cm³/mol. The summed E-state index contributed by atoms with van der Waals surface area (Å²) in [5.74, 6) is 0.527. The number of hydrogen-bond acceptors (Lipinski definition) is 5. The molecule has 2 amide bonds. The highest BCUT2D eigenvalue weighted by Crippen LogP contribution is 2.37. The van der Waals surface area contributed by atoms with Crippen molar-refractivity contribution in [1.29, 1.82) is 5.26 Å². The van der Waals surface area contributed by atoms with E-state index in [0.717, 1.165) is 5.56 Å². The summed E-state index contributed by atoms with van der Waals surface area (Å²) in [7, 11) is 0. The molecule has 1 spiro atoms. The number of carbonyl (C=O) groups is 2. The monoisotopic (exact) mass is 471 g/mol. The maximum Gasteiger partial charge on any atom is 0.251 e. The van der Waals surface area contributed by atoms with Crippen molar-refractivity contribution in [3.05, 3.63) is 57.7 Å². The van der Waals surface area contributed by atoms with Crippen molar-refractivity contribution in [2.24, 2.45) is 0 Å². The maximum atomic E-state index is 13.7. The average molecular weight is 472 g/mol. The second-order valence-electron chi connectivity index (χ2n) is 8.48. The van der Waals surface area contributed by atoms with Crippen LogP contribution in [0.4, 0.5) is 5.82 Å². The van der Waals surface area contributed by atoms with Crippen molar-refractivity contribution >= 4 is 40.8 Å². The highest BCUT2D eigenvalue weighted by Gasteiger charge is 2.56. The summed E-state index contributed by atoms with van der Waals surface area (Å²) in [5.41, 5.74) is 0.285. The maximum absolute atomic E-state index is 13.7. The van der Waals surface area contributed by atoms with E-state index < -0.39 is 5.54 Å². The Morgan fingerprint density at radius 2 is 1.97 bits per heavy atom. The average Bonchev–Trinajstić information content (AvgIpc) is 3.22. The second kappa shape index (κ2) is 8.61. The van der Waals surface area contributed by atoms with Gasteiger partial charge in [0.05, 0.1) is 22.2 Å². The zero-order valence-electron chi connectivity index (χ0n) is 17.9. The Morgan fingerprint density at radius 1 is 1.19 bits per heavy atom. The number of rotatable bonds is 4. The van der Waals surface area contributed by atoms with E-state index in [2.05, 4.69) is 11.1 Å². The molecule has 4 rings (SSSR count). The number of carbonyl (C=O) groups excluding carboxylic acids is 2. The predicted octanol–water partition coefficient (Wildman–Crippen LogP) is 3.49. The SMILES string of the molecule is CC(C)N1CC(=O)N(Cc2ccc(Cl)c(Cl)c2)C2(CCN(c3ccc(C#N)cn3)C2)C1=O. The van der Waals surface area contributed by atoms with Gasteiger partial charge in [-0.15, -0.1) is 0 Å². The first-order valence-corrected chi connectivity index (χ1v) is 11.2. The standard InChI is InChI=1S/C23H23Cl2N5O2/c1-15(2)29-13-21(31)30(12-16-3-5-18(24)19(25)9-16)23(22(29)32)7-8-28(14-23)20-6-4-17(10-26)11-27-20/h3-6,9,11,15H,7-8,12-14H2,1-2H3. The van der Waals surface area contributed by atoms with E-state index in [1.807, 2.05) is 24.8 Å². The molecule has 2 aliphatic rings. The van der Waals surface area contributed by atoms with Gasteiger partial charge in [-0.3, -0.25) is 9.59 Å². The van der Waals surface area contributed by atoms with E-state index in [0.29, 0.717) is 40.9 Å². The van der Waals surface area contributed by atoms with Gasteiger partial charge in [0.2, 0.25) is 5.91 Å². The van der Waals surface area contributed by atoms with Crippen LogP contribution in [0.3, 0.4) is 0 Å². The lowest BCUT2D eigenvalue weighted by atomic mass is 9.89. The van der Waals surface area contributed by atoms with Crippen molar-refractivity contribution in [2.45, 2.75) is 38.4 Å². The Morgan fingerprint density at radius 3 is 2.59 bits per heavy atom. The summed E-state index contributed by atoms with van der Waals surface area (Å²) in [4.78, 5) is 36.8. The van der Waals surface area contributed by atoms with E-state index in [4.69, 9.17) is 28.5 Å². The molecule has 3 heterocycles. The molecule has 1 aromatic carbocycles. The van der Waals surface area contributed by atoms with Crippen LogP contribution in [0.5, 0.6) is 0 Å². The molecule has 2 saturated heterocycles.